The van der Waals surface area contributed by atoms with E-state index in [4.69, 9.17) is 4.74 Å². The van der Waals surface area contributed by atoms with Gasteiger partial charge in [-0.3, -0.25) is 14.3 Å². The van der Waals surface area contributed by atoms with Crippen LogP contribution < -0.4 is 16.0 Å². The van der Waals surface area contributed by atoms with Gasteiger partial charge in [0.25, 0.3) is 5.56 Å². The summed E-state index contributed by atoms with van der Waals surface area (Å²) in [6.45, 7) is 2.22. The molecule has 0 saturated carbocycles. The molecule has 0 spiro atoms. The van der Waals surface area contributed by atoms with Crippen LogP contribution in [0.5, 0.6) is 5.75 Å². The zero-order valence-electron chi connectivity index (χ0n) is 14.7. The van der Waals surface area contributed by atoms with Crippen LogP contribution >= 0.6 is 0 Å². The minimum atomic E-state index is -4.02. The second kappa shape index (κ2) is 6.69. The average Bonchev–Trinajstić information content (AvgIpc) is 3.07. The lowest BCUT2D eigenvalue weighted by Crippen LogP contribution is -2.42. The van der Waals surface area contributed by atoms with Gasteiger partial charge in [-0.15, -0.1) is 0 Å². The molecule has 0 aliphatic carbocycles. The highest BCUT2D eigenvalue weighted by Crippen LogP contribution is 2.22. The Kier molecular flexibility index (Phi) is 4.72. The van der Waals surface area contributed by atoms with Gasteiger partial charge in [-0.1, -0.05) is 0 Å². The third-order valence-corrected chi connectivity index (χ3v) is 6.17. The van der Waals surface area contributed by atoms with Crippen LogP contribution in [0.15, 0.2) is 39.0 Å². The topological polar surface area (TPSA) is 103 Å². The van der Waals surface area contributed by atoms with E-state index >= 15 is 0 Å². The fourth-order valence-corrected chi connectivity index (χ4v) is 4.46. The van der Waals surface area contributed by atoms with E-state index in [9.17, 15) is 18.0 Å². The van der Waals surface area contributed by atoms with Gasteiger partial charge in [-0.25, -0.2) is 13.2 Å². The lowest BCUT2D eigenvalue weighted by Gasteiger charge is -2.17. The van der Waals surface area contributed by atoms with Crippen molar-refractivity contribution in [2.45, 2.75) is 24.3 Å². The van der Waals surface area contributed by atoms with Gasteiger partial charge in [0.05, 0.1) is 12.7 Å². The monoisotopic (exact) mass is 380 g/mol. The van der Waals surface area contributed by atoms with Crippen molar-refractivity contribution in [3.63, 3.8) is 0 Å². The molecule has 3 rings (SSSR count). The molecular weight excluding hydrogens is 360 g/mol. The number of aromatic nitrogens is 3. The molecule has 9 nitrogen and oxygen atoms in total. The maximum absolute atomic E-state index is 12.8. The van der Waals surface area contributed by atoms with Crippen LogP contribution in [-0.2, 0) is 24.1 Å². The highest BCUT2D eigenvalue weighted by molar-refractivity contribution is 7.89. The largest absolute Gasteiger partial charge is 0.487 e. The summed E-state index contributed by atoms with van der Waals surface area (Å²) in [6.07, 6.45) is 2.83. The highest BCUT2D eigenvalue weighted by Gasteiger charge is 2.36. The first kappa shape index (κ1) is 18.3. The lowest BCUT2D eigenvalue weighted by molar-refractivity contribution is 0.214. The van der Waals surface area contributed by atoms with E-state index in [-0.39, 0.29) is 19.2 Å². The molecule has 0 radical (unpaired) electrons. The van der Waals surface area contributed by atoms with Crippen LogP contribution in [0.2, 0.25) is 0 Å². The number of aryl methyl sites for hydroxylation is 2. The molecule has 1 saturated heterocycles. The summed E-state index contributed by atoms with van der Waals surface area (Å²) < 4.78 is 34.5. The van der Waals surface area contributed by atoms with E-state index in [2.05, 4.69) is 4.98 Å². The lowest BCUT2D eigenvalue weighted by atomic mass is 10.3. The first-order valence-corrected chi connectivity index (χ1v) is 9.50. The van der Waals surface area contributed by atoms with Gasteiger partial charge in [0, 0.05) is 32.5 Å². The fraction of sp³-hybridized carbons (Fsp3) is 0.438. The van der Waals surface area contributed by atoms with Gasteiger partial charge in [0.15, 0.2) is 4.90 Å². The second-order valence-corrected chi connectivity index (χ2v) is 8.18. The third kappa shape index (κ3) is 3.29. The number of nitrogens with zero attached hydrogens (tertiary/aromatic N) is 4. The SMILES string of the molecule is Cc1ccc(O[C@@H]2CCN(S(=O)(=O)c3cn(C)c(=O)n(C)c3=O)C2)cn1. The number of sulfonamides is 1. The van der Waals surface area contributed by atoms with Gasteiger partial charge in [0.1, 0.15) is 11.9 Å². The summed E-state index contributed by atoms with van der Waals surface area (Å²) in [5.74, 6) is 0.567. The molecule has 0 amide bonds. The number of rotatable bonds is 4. The van der Waals surface area contributed by atoms with Crippen molar-refractivity contribution in [3.8, 4) is 5.75 Å². The number of hydrogen-bond donors (Lipinski definition) is 0. The molecule has 2 aromatic heterocycles. The van der Waals surface area contributed by atoms with Crippen molar-refractivity contribution < 1.29 is 13.2 Å². The molecule has 0 aromatic carbocycles. The van der Waals surface area contributed by atoms with Crippen molar-refractivity contribution in [3.05, 3.63) is 51.1 Å². The van der Waals surface area contributed by atoms with Gasteiger partial charge in [0.2, 0.25) is 10.0 Å². The van der Waals surface area contributed by atoms with Crippen LogP contribution in [0.4, 0.5) is 0 Å². The molecule has 3 heterocycles. The van der Waals surface area contributed by atoms with Gasteiger partial charge >= 0.3 is 5.69 Å². The average molecular weight is 380 g/mol. The third-order valence-electron chi connectivity index (χ3n) is 4.33. The van der Waals surface area contributed by atoms with Crippen molar-refractivity contribution in [1.82, 2.24) is 18.4 Å². The highest BCUT2D eigenvalue weighted by atomic mass is 32.2. The van der Waals surface area contributed by atoms with Crippen LogP contribution in [0.1, 0.15) is 12.1 Å². The molecule has 1 atom stereocenters. The molecule has 1 aliphatic rings. The zero-order chi connectivity index (χ0) is 19.1. The van der Waals surface area contributed by atoms with Gasteiger partial charge in [-0.05, 0) is 25.5 Å². The fourth-order valence-electron chi connectivity index (χ4n) is 2.82. The molecule has 0 bridgehead atoms. The van der Waals surface area contributed by atoms with Crippen molar-refractivity contribution in [1.29, 1.82) is 0 Å². The molecule has 1 aliphatic heterocycles. The Labute approximate surface area is 150 Å². The van der Waals surface area contributed by atoms with E-state index in [0.29, 0.717) is 12.2 Å². The van der Waals surface area contributed by atoms with Crippen LogP contribution in [-0.4, -0.2) is 46.0 Å². The van der Waals surface area contributed by atoms with Gasteiger partial charge < -0.3 is 9.30 Å². The van der Waals surface area contributed by atoms with E-state index in [1.54, 1.807) is 12.3 Å². The summed E-state index contributed by atoms with van der Waals surface area (Å²) in [4.78, 5) is 27.7. The summed E-state index contributed by atoms with van der Waals surface area (Å²) in [5.41, 5.74) is -0.554. The summed E-state index contributed by atoms with van der Waals surface area (Å²) >= 11 is 0. The van der Waals surface area contributed by atoms with Crippen LogP contribution in [0.25, 0.3) is 0 Å². The zero-order valence-corrected chi connectivity index (χ0v) is 15.6. The molecule has 10 heteroatoms. The summed E-state index contributed by atoms with van der Waals surface area (Å²) in [6, 6.07) is 3.59. The van der Waals surface area contributed by atoms with Crippen LogP contribution in [0.3, 0.4) is 0 Å². The van der Waals surface area contributed by atoms with E-state index in [0.717, 1.165) is 21.0 Å². The number of hydrogen-bond acceptors (Lipinski definition) is 6. The molecule has 2 aromatic rings. The Hall–Kier alpha value is -2.46. The molecule has 1 fully saturated rings. The van der Waals surface area contributed by atoms with Gasteiger partial charge in [-0.2, -0.15) is 4.31 Å². The summed E-state index contributed by atoms with van der Waals surface area (Å²) in [5, 5.41) is 0. The molecule has 140 valence electrons. The van der Waals surface area contributed by atoms with E-state index in [1.165, 1.54) is 18.4 Å². The van der Waals surface area contributed by atoms with E-state index in [1.807, 2.05) is 13.0 Å². The van der Waals surface area contributed by atoms with Crippen molar-refractivity contribution in [2.24, 2.45) is 14.1 Å². The number of pyridine rings is 1. The Bertz CT molecular complexity index is 1040. The maximum Gasteiger partial charge on any atom is 0.330 e. The second-order valence-electron chi connectivity index (χ2n) is 6.28. The predicted octanol–water partition coefficient (Wildman–Crippen LogP) is -0.371. The van der Waals surface area contributed by atoms with Crippen molar-refractivity contribution >= 4 is 10.0 Å². The smallest absolute Gasteiger partial charge is 0.330 e. The number of ether oxygens (including phenoxy) is 1. The summed E-state index contributed by atoms with van der Waals surface area (Å²) in [7, 11) is -1.36. The molecule has 0 unspecified atom stereocenters. The predicted molar refractivity (Wildman–Crippen MR) is 93.7 cm³/mol. The Morgan fingerprint density at radius 1 is 1.23 bits per heavy atom. The van der Waals surface area contributed by atoms with Crippen LogP contribution in [0, 0.1) is 6.92 Å². The Morgan fingerprint density at radius 3 is 2.62 bits per heavy atom. The first-order chi connectivity index (χ1) is 12.2. The standard InChI is InChI=1S/C16H20N4O5S/c1-11-4-5-12(8-17-11)25-13-6-7-20(9-13)26(23,24)14-10-18(2)16(22)19(3)15(14)21/h4-5,8,10,13H,6-7,9H2,1-3H3/t13-/m1/s1. The van der Waals surface area contributed by atoms with E-state index < -0.39 is 26.2 Å². The minimum absolute atomic E-state index is 0.127. The maximum atomic E-state index is 12.8. The Morgan fingerprint density at radius 2 is 1.96 bits per heavy atom. The molecular formula is C16H20N4O5S. The Balaban J connectivity index is 1.83. The minimum Gasteiger partial charge on any atom is -0.487 e. The first-order valence-electron chi connectivity index (χ1n) is 8.06. The molecule has 0 N–H and O–H groups in total. The molecule has 26 heavy (non-hydrogen) atoms. The quantitative estimate of drug-likeness (QED) is 0.717. The normalized spacial score (nSPS) is 18.2. The van der Waals surface area contributed by atoms with Crippen molar-refractivity contribution in [2.75, 3.05) is 13.1 Å².